The maximum absolute atomic E-state index is 5.90. The maximum Gasteiger partial charge on any atom is 0.289 e. The molecule has 0 spiro atoms. The van der Waals surface area contributed by atoms with Crippen molar-refractivity contribution in [1.82, 2.24) is 0 Å². The first-order valence-electron chi connectivity index (χ1n) is 4.91. The van der Waals surface area contributed by atoms with Crippen LogP contribution in [-0.2, 0) is 4.74 Å². The first kappa shape index (κ1) is 11.6. The molecule has 0 amide bonds. The summed E-state index contributed by atoms with van der Waals surface area (Å²) in [5.41, 5.74) is 0.643. The molecule has 0 fully saturated rings. The summed E-state index contributed by atoms with van der Waals surface area (Å²) in [6.07, 6.45) is 0. The molecule has 0 radical (unpaired) electrons. The van der Waals surface area contributed by atoms with Gasteiger partial charge >= 0.3 is 0 Å². The van der Waals surface area contributed by atoms with Crippen LogP contribution >= 0.6 is 23.2 Å². The molecule has 0 aliphatic carbocycles. The number of nitrogens with one attached hydrogen (secondary N) is 1. The second kappa shape index (κ2) is 4.15. The lowest BCUT2D eigenvalue weighted by Gasteiger charge is -2.07. The first-order chi connectivity index (χ1) is 7.46. The van der Waals surface area contributed by atoms with Gasteiger partial charge in [0.15, 0.2) is 0 Å². The van der Waals surface area contributed by atoms with Gasteiger partial charge in [0.05, 0.1) is 15.6 Å². The summed E-state index contributed by atoms with van der Waals surface area (Å²) < 4.78 is 5.41. The third-order valence-corrected chi connectivity index (χ3v) is 2.88. The Balaban J connectivity index is 2.13. The van der Waals surface area contributed by atoms with Crippen LogP contribution < -0.4 is 5.32 Å². The molecule has 1 aliphatic rings. The number of hydrogen-bond donors (Lipinski definition) is 1. The molecule has 0 atom stereocenters. The highest BCUT2D eigenvalue weighted by molar-refractivity contribution is 6.42. The Morgan fingerprint density at radius 2 is 2.06 bits per heavy atom. The minimum absolute atomic E-state index is 0.168. The monoisotopic (exact) mass is 258 g/mol. The normalized spacial score (nSPS) is 17.9. The maximum atomic E-state index is 5.90. The summed E-state index contributed by atoms with van der Waals surface area (Å²) in [6.45, 7) is 4.60. The van der Waals surface area contributed by atoms with E-state index in [1.807, 2.05) is 19.9 Å². The second-order valence-corrected chi connectivity index (χ2v) is 5.09. The fourth-order valence-corrected chi connectivity index (χ4v) is 1.64. The molecule has 0 aromatic heterocycles. The summed E-state index contributed by atoms with van der Waals surface area (Å²) in [4.78, 5) is 4.38. The Hall–Kier alpha value is -0.930. The lowest BCUT2D eigenvalue weighted by atomic mass is 10.1. The number of hydrogen-bond acceptors (Lipinski definition) is 3. The number of anilines is 1. The largest absolute Gasteiger partial charge is 0.462 e. The summed E-state index contributed by atoms with van der Waals surface area (Å²) in [5.74, 6) is 0. The quantitative estimate of drug-likeness (QED) is 0.836. The number of rotatable bonds is 1. The Bertz CT molecular complexity index is 444. The molecule has 1 aliphatic heterocycles. The van der Waals surface area contributed by atoms with Crippen molar-refractivity contribution < 1.29 is 4.74 Å². The zero-order valence-corrected chi connectivity index (χ0v) is 10.6. The van der Waals surface area contributed by atoms with Crippen molar-refractivity contribution in [2.24, 2.45) is 4.99 Å². The molecule has 0 saturated heterocycles. The minimum Gasteiger partial charge on any atom is -0.462 e. The molecule has 3 nitrogen and oxygen atoms in total. The van der Waals surface area contributed by atoms with E-state index in [0.29, 0.717) is 22.7 Å². The molecular weight excluding hydrogens is 247 g/mol. The fourth-order valence-electron chi connectivity index (χ4n) is 1.35. The van der Waals surface area contributed by atoms with Gasteiger partial charge in [0.1, 0.15) is 6.61 Å². The van der Waals surface area contributed by atoms with Crippen LogP contribution in [0, 0.1) is 0 Å². The van der Waals surface area contributed by atoms with Gasteiger partial charge in [0.2, 0.25) is 0 Å². The molecular formula is C11H12Cl2N2O. The van der Waals surface area contributed by atoms with E-state index in [4.69, 9.17) is 27.9 Å². The Morgan fingerprint density at radius 1 is 1.31 bits per heavy atom. The molecule has 5 heteroatoms. The van der Waals surface area contributed by atoms with E-state index in [-0.39, 0.29) is 5.54 Å². The van der Waals surface area contributed by atoms with Crippen molar-refractivity contribution in [3.8, 4) is 0 Å². The van der Waals surface area contributed by atoms with Gasteiger partial charge in [-0.15, -0.1) is 0 Å². The summed E-state index contributed by atoms with van der Waals surface area (Å²) in [6, 6.07) is 5.81. The van der Waals surface area contributed by atoms with Gasteiger partial charge in [0.25, 0.3) is 6.02 Å². The highest BCUT2D eigenvalue weighted by atomic mass is 35.5. The number of benzene rings is 1. The van der Waals surface area contributed by atoms with Crippen molar-refractivity contribution >= 4 is 34.9 Å². The van der Waals surface area contributed by atoms with E-state index in [0.717, 1.165) is 5.69 Å². The van der Waals surface area contributed by atoms with Crippen molar-refractivity contribution in [1.29, 1.82) is 0 Å². The molecule has 0 unspecified atom stereocenters. The third kappa shape index (κ3) is 2.60. The molecule has 1 heterocycles. The minimum atomic E-state index is -0.168. The standard InChI is InChI=1S/C11H12Cl2N2O/c1-11(2)6-16-10(15-11)14-7-3-4-8(12)9(13)5-7/h3-5H,6H2,1-2H3,(H,14,15). The van der Waals surface area contributed by atoms with Crippen LogP contribution in [-0.4, -0.2) is 18.2 Å². The van der Waals surface area contributed by atoms with Gasteiger partial charge in [-0.25, -0.2) is 4.99 Å². The predicted octanol–water partition coefficient (Wildman–Crippen LogP) is 3.57. The van der Waals surface area contributed by atoms with E-state index in [2.05, 4.69) is 10.3 Å². The summed E-state index contributed by atoms with van der Waals surface area (Å²) in [7, 11) is 0. The van der Waals surface area contributed by atoms with Crippen LogP contribution in [0.5, 0.6) is 0 Å². The van der Waals surface area contributed by atoms with Crippen LogP contribution in [0.3, 0.4) is 0 Å². The average molecular weight is 259 g/mol. The fraction of sp³-hybridized carbons (Fsp3) is 0.364. The van der Waals surface area contributed by atoms with E-state index in [1.165, 1.54) is 0 Å². The van der Waals surface area contributed by atoms with E-state index in [1.54, 1.807) is 12.1 Å². The Kier molecular flexibility index (Phi) is 3.00. The summed E-state index contributed by atoms with van der Waals surface area (Å²) >= 11 is 11.7. The van der Waals surface area contributed by atoms with E-state index in [9.17, 15) is 0 Å². The van der Waals surface area contributed by atoms with Gasteiger partial charge in [0, 0.05) is 5.69 Å². The number of halogens is 2. The molecule has 16 heavy (non-hydrogen) atoms. The summed E-state index contributed by atoms with van der Waals surface area (Å²) in [5, 5.41) is 4.08. The molecule has 2 rings (SSSR count). The van der Waals surface area contributed by atoms with Gasteiger partial charge in [-0.05, 0) is 32.0 Å². The third-order valence-electron chi connectivity index (χ3n) is 2.14. The highest BCUT2D eigenvalue weighted by Gasteiger charge is 2.26. The average Bonchev–Trinajstić information content (AvgIpc) is 2.52. The second-order valence-electron chi connectivity index (χ2n) is 4.27. The molecule has 86 valence electrons. The van der Waals surface area contributed by atoms with Crippen molar-refractivity contribution in [3.63, 3.8) is 0 Å². The van der Waals surface area contributed by atoms with Gasteiger partial charge in [-0.1, -0.05) is 23.2 Å². The zero-order chi connectivity index (χ0) is 11.8. The van der Waals surface area contributed by atoms with Crippen LogP contribution in [0.4, 0.5) is 5.69 Å². The number of amidine groups is 1. The Labute approximate surface area is 104 Å². The first-order valence-corrected chi connectivity index (χ1v) is 5.67. The molecule has 0 saturated carbocycles. The molecule has 0 bridgehead atoms. The van der Waals surface area contributed by atoms with Crippen molar-refractivity contribution in [3.05, 3.63) is 28.2 Å². The van der Waals surface area contributed by atoms with E-state index >= 15 is 0 Å². The highest BCUT2D eigenvalue weighted by Crippen LogP contribution is 2.26. The van der Waals surface area contributed by atoms with E-state index < -0.39 is 0 Å². The number of aliphatic imine (C=N–C) groups is 1. The zero-order valence-electron chi connectivity index (χ0n) is 9.05. The van der Waals surface area contributed by atoms with Crippen LogP contribution in [0.25, 0.3) is 0 Å². The van der Waals surface area contributed by atoms with Gasteiger partial charge in [-0.3, -0.25) is 0 Å². The van der Waals surface area contributed by atoms with Gasteiger partial charge < -0.3 is 10.1 Å². The number of nitrogens with zero attached hydrogens (tertiary/aromatic N) is 1. The van der Waals surface area contributed by atoms with Gasteiger partial charge in [-0.2, -0.15) is 0 Å². The smallest absolute Gasteiger partial charge is 0.289 e. The Morgan fingerprint density at radius 3 is 2.62 bits per heavy atom. The lowest BCUT2D eigenvalue weighted by Crippen LogP contribution is -2.17. The van der Waals surface area contributed by atoms with Crippen LogP contribution in [0.1, 0.15) is 13.8 Å². The van der Waals surface area contributed by atoms with Crippen molar-refractivity contribution in [2.75, 3.05) is 11.9 Å². The van der Waals surface area contributed by atoms with Crippen LogP contribution in [0.15, 0.2) is 23.2 Å². The molecule has 1 aromatic carbocycles. The SMILES string of the molecule is CC1(C)COC(Nc2ccc(Cl)c(Cl)c2)=N1. The molecule has 1 N–H and O–H groups in total. The lowest BCUT2D eigenvalue weighted by molar-refractivity contribution is 0.278. The number of ether oxygens (including phenoxy) is 1. The predicted molar refractivity (Wildman–Crippen MR) is 67.6 cm³/mol. The molecule has 1 aromatic rings. The topological polar surface area (TPSA) is 33.6 Å². The van der Waals surface area contributed by atoms with Crippen LogP contribution in [0.2, 0.25) is 10.0 Å². The van der Waals surface area contributed by atoms with Crippen molar-refractivity contribution in [2.45, 2.75) is 19.4 Å².